The Labute approximate surface area is 146 Å². The van der Waals surface area contributed by atoms with Crippen LogP contribution in [0.4, 0.5) is 0 Å². The highest BCUT2D eigenvalue weighted by Crippen LogP contribution is 2.24. The Morgan fingerprint density at radius 3 is 3.00 bits per heavy atom. The first-order chi connectivity index (χ1) is 11.1. The molecule has 2 aromatic heterocycles. The van der Waals surface area contributed by atoms with Crippen molar-refractivity contribution < 1.29 is 4.79 Å². The number of benzene rings is 1. The van der Waals surface area contributed by atoms with Crippen LogP contribution in [-0.2, 0) is 11.3 Å². The van der Waals surface area contributed by atoms with Crippen molar-refractivity contribution in [2.24, 2.45) is 0 Å². The number of rotatable bonds is 5. The van der Waals surface area contributed by atoms with Gasteiger partial charge in [-0.2, -0.15) is 4.98 Å². The van der Waals surface area contributed by atoms with Gasteiger partial charge in [-0.15, -0.1) is 0 Å². The highest BCUT2D eigenvalue weighted by molar-refractivity contribution is 8.00. The van der Waals surface area contributed by atoms with Crippen molar-refractivity contribution >= 4 is 52.0 Å². The molecule has 0 atom stereocenters. The Morgan fingerprint density at radius 1 is 1.30 bits per heavy atom. The number of aromatic amines is 1. The molecule has 0 saturated carbocycles. The average Bonchev–Trinajstić information content (AvgIpc) is 2.99. The van der Waals surface area contributed by atoms with E-state index in [9.17, 15) is 4.79 Å². The lowest BCUT2D eigenvalue weighted by atomic mass is 10.2. The molecule has 3 aromatic rings. The molecule has 3 rings (SSSR count). The second-order valence-corrected chi connectivity index (χ2v) is 6.33. The summed E-state index contributed by atoms with van der Waals surface area (Å²) in [5.41, 5.74) is 2.09. The van der Waals surface area contributed by atoms with Crippen LogP contribution in [0.3, 0.4) is 0 Å². The van der Waals surface area contributed by atoms with Crippen LogP contribution in [0.1, 0.15) is 5.56 Å². The summed E-state index contributed by atoms with van der Waals surface area (Å²) in [6.07, 6.45) is 1.51. The molecule has 0 radical (unpaired) electrons. The molecular formula is C14H11Cl2N5OS. The normalized spacial score (nSPS) is 10.9. The molecule has 0 aliphatic rings. The van der Waals surface area contributed by atoms with Crippen molar-refractivity contribution in [3.8, 4) is 0 Å². The number of amides is 1. The second kappa shape index (κ2) is 7.16. The second-order valence-electron chi connectivity index (χ2n) is 4.59. The molecular weight excluding hydrogens is 357 g/mol. The Hall–Kier alpha value is -1.83. The van der Waals surface area contributed by atoms with Gasteiger partial charge in [0.05, 0.1) is 12.1 Å². The monoisotopic (exact) mass is 367 g/mol. The van der Waals surface area contributed by atoms with Crippen LogP contribution in [0.5, 0.6) is 0 Å². The molecule has 1 amide bonds. The summed E-state index contributed by atoms with van der Waals surface area (Å²) >= 11 is 13.0. The van der Waals surface area contributed by atoms with E-state index in [0.717, 1.165) is 5.56 Å². The van der Waals surface area contributed by atoms with Gasteiger partial charge in [-0.05, 0) is 29.3 Å². The molecule has 0 unspecified atom stereocenters. The molecule has 0 spiro atoms. The predicted octanol–water partition coefficient (Wildman–Crippen LogP) is 3.07. The lowest BCUT2D eigenvalue weighted by Gasteiger charge is -2.06. The third-order valence-electron chi connectivity index (χ3n) is 2.94. The first-order valence-corrected chi connectivity index (χ1v) is 8.36. The van der Waals surface area contributed by atoms with Gasteiger partial charge in [0.15, 0.2) is 5.65 Å². The number of hydrogen-bond acceptors (Lipinski definition) is 5. The number of halogens is 2. The smallest absolute Gasteiger partial charge is 0.230 e. The van der Waals surface area contributed by atoms with Crippen LogP contribution in [0.15, 0.2) is 35.6 Å². The number of aromatic nitrogens is 4. The fraction of sp³-hybridized carbons (Fsp3) is 0.143. The van der Waals surface area contributed by atoms with Gasteiger partial charge in [-0.25, -0.2) is 9.97 Å². The maximum Gasteiger partial charge on any atom is 0.230 e. The zero-order valence-corrected chi connectivity index (χ0v) is 14.0. The van der Waals surface area contributed by atoms with Crippen molar-refractivity contribution in [3.63, 3.8) is 0 Å². The summed E-state index contributed by atoms with van der Waals surface area (Å²) in [6.45, 7) is 0.421. The van der Waals surface area contributed by atoms with E-state index in [-0.39, 0.29) is 16.9 Å². The number of thioether (sulfide) groups is 1. The van der Waals surface area contributed by atoms with E-state index in [4.69, 9.17) is 23.2 Å². The number of H-pyrrole nitrogens is 1. The summed E-state index contributed by atoms with van der Waals surface area (Å²) in [7, 11) is 0. The van der Waals surface area contributed by atoms with Crippen LogP contribution >= 0.6 is 35.0 Å². The maximum absolute atomic E-state index is 12.0. The number of fused-ring (bicyclic) bond motifs is 1. The number of carbonyl (C=O) groups is 1. The van der Waals surface area contributed by atoms with Crippen LogP contribution in [0.25, 0.3) is 11.2 Å². The van der Waals surface area contributed by atoms with E-state index in [1.807, 2.05) is 18.2 Å². The highest BCUT2D eigenvalue weighted by atomic mass is 35.5. The molecule has 0 aliphatic heterocycles. The summed E-state index contributed by atoms with van der Waals surface area (Å²) in [5, 5.41) is 4.17. The average molecular weight is 368 g/mol. The van der Waals surface area contributed by atoms with Gasteiger partial charge >= 0.3 is 0 Å². The van der Waals surface area contributed by atoms with Gasteiger partial charge in [0.2, 0.25) is 11.2 Å². The van der Waals surface area contributed by atoms with Gasteiger partial charge in [-0.3, -0.25) is 4.79 Å². The van der Waals surface area contributed by atoms with Crippen molar-refractivity contribution in [1.29, 1.82) is 0 Å². The molecule has 2 heterocycles. The molecule has 0 bridgehead atoms. The lowest BCUT2D eigenvalue weighted by molar-refractivity contribution is -0.118. The fourth-order valence-corrected chi connectivity index (χ4v) is 3.16. The van der Waals surface area contributed by atoms with Gasteiger partial charge in [0, 0.05) is 11.6 Å². The molecule has 9 heteroatoms. The van der Waals surface area contributed by atoms with Crippen molar-refractivity contribution in [2.45, 2.75) is 11.6 Å². The Bertz CT molecular complexity index is 854. The van der Waals surface area contributed by atoms with Gasteiger partial charge in [0.1, 0.15) is 10.5 Å². The van der Waals surface area contributed by atoms with Gasteiger partial charge < -0.3 is 10.3 Å². The molecule has 23 heavy (non-hydrogen) atoms. The zero-order valence-electron chi connectivity index (χ0n) is 11.7. The molecule has 0 fully saturated rings. The summed E-state index contributed by atoms with van der Waals surface area (Å²) < 4.78 is 0. The summed E-state index contributed by atoms with van der Waals surface area (Å²) in [6, 6.07) is 7.35. The van der Waals surface area contributed by atoms with Crippen LogP contribution < -0.4 is 5.32 Å². The topological polar surface area (TPSA) is 83.6 Å². The minimum absolute atomic E-state index is 0.103. The Morgan fingerprint density at radius 2 is 2.17 bits per heavy atom. The standard InChI is InChI=1S/C14H11Cl2N5OS/c15-9-3-1-2-8(4-9)5-17-10(22)6-23-13-11-12(19-7-18-11)20-14(16)21-13/h1-4,7H,5-6H2,(H,17,22)(H,18,19,20,21). The van der Waals surface area contributed by atoms with Crippen LogP contribution in [-0.4, -0.2) is 31.6 Å². The lowest BCUT2D eigenvalue weighted by Crippen LogP contribution is -2.24. The fourth-order valence-electron chi connectivity index (χ4n) is 1.92. The number of hydrogen-bond donors (Lipinski definition) is 2. The van der Waals surface area contributed by atoms with E-state index in [2.05, 4.69) is 25.3 Å². The number of imidazole rings is 1. The predicted molar refractivity (Wildman–Crippen MR) is 90.7 cm³/mol. The number of nitrogens with one attached hydrogen (secondary N) is 2. The molecule has 1 aromatic carbocycles. The van der Waals surface area contributed by atoms with Crippen molar-refractivity contribution in [1.82, 2.24) is 25.3 Å². The summed E-state index contributed by atoms with van der Waals surface area (Å²) in [5.74, 6) is 0.0968. The summed E-state index contributed by atoms with van der Waals surface area (Å²) in [4.78, 5) is 27.1. The van der Waals surface area contributed by atoms with E-state index >= 15 is 0 Å². The third kappa shape index (κ3) is 4.13. The van der Waals surface area contributed by atoms with Gasteiger partial charge in [-0.1, -0.05) is 35.5 Å². The Balaban J connectivity index is 1.59. The van der Waals surface area contributed by atoms with Crippen LogP contribution in [0.2, 0.25) is 10.3 Å². The molecule has 6 nitrogen and oxygen atoms in total. The largest absolute Gasteiger partial charge is 0.351 e. The quantitative estimate of drug-likeness (QED) is 0.411. The van der Waals surface area contributed by atoms with Gasteiger partial charge in [0.25, 0.3) is 0 Å². The maximum atomic E-state index is 12.0. The van der Waals surface area contributed by atoms with Crippen molar-refractivity contribution in [3.05, 3.63) is 46.5 Å². The zero-order chi connectivity index (χ0) is 16.2. The van der Waals surface area contributed by atoms with E-state index in [1.54, 1.807) is 6.07 Å². The van der Waals surface area contributed by atoms with E-state index in [1.165, 1.54) is 18.1 Å². The molecule has 2 N–H and O–H groups in total. The van der Waals surface area contributed by atoms with E-state index in [0.29, 0.717) is 27.8 Å². The SMILES string of the molecule is O=C(CSc1nc(Cl)nc2nc[nH]c12)NCc1cccc(Cl)c1. The minimum Gasteiger partial charge on any atom is -0.351 e. The number of nitrogens with zero attached hydrogens (tertiary/aromatic N) is 3. The molecule has 118 valence electrons. The minimum atomic E-state index is -0.114. The molecule has 0 saturated heterocycles. The van der Waals surface area contributed by atoms with Crippen LogP contribution in [0, 0.1) is 0 Å². The molecule has 0 aliphatic carbocycles. The van der Waals surface area contributed by atoms with Crippen molar-refractivity contribution in [2.75, 3.05) is 5.75 Å². The Kier molecular flexibility index (Phi) is 5.00. The first kappa shape index (κ1) is 16.0. The highest BCUT2D eigenvalue weighted by Gasteiger charge is 2.11. The third-order valence-corrected chi connectivity index (χ3v) is 4.32. The van der Waals surface area contributed by atoms with E-state index < -0.39 is 0 Å². The first-order valence-electron chi connectivity index (χ1n) is 6.62. The number of carbonyl (C=O) groups excluding carboxylic acids is 1.